The van der Waals surface area contributed by atoms with Crippen molar-refractivity contribution in [2.75, 3.05) is 13.7 Å². The van der Waals surface area contributed by atoms with E-state index in [1.165, 1.54) is 18.2 Å². The van der Waals surface area contributed by atoms with Crippen molar-refractivity contribution < 1.29 is 19.4 Å². The summed E-state index contributed by atoms with van der Waals surface area (Å²) in [6, 6.07) is 5.89. The summed E-state index contributed by atoms with van der Waals surface area (Å²) in [7, 11) is 1.56. The van der Waals surface area contributed by atoms with E-state index >= 15 is 0 Å². The fourth-order valence-electron chi connectivity index (χ4n) is 1.22. The van der Waals surface area contributed by atoms with E-state index in [-0.39, 0.29) is 17.6 Å². The van der Waals surface area contributed by atoms with Gasteiger partial charge >= 0.3 is 5.97 Å². The van der Waals surface area contributed by atoms with Crippen LogP contribution < -0.4 is 5.32 Å². The van der Waals surface area contributed by atoms with Crippen LogP contribution in [0.15, 0.2) is 24.3 Å². The van der Waals surface area contributed by atoms with E-state index in [1.54, 1.807) is 13.2 Å². The molecule has 0 radical (unpaired) electrons. The molecule has 0 aliphatic rings. The molecule has 0 aliphatic carbocycles. The number of methoxy groups -OCH3 is 1. The van der Waals surface area contributed by atoms with Crippen LogP contribution in [0.5, 0.6) is 0 Å². The molecule has 0 saturated carbocycles. The summed E-state index contributed by atoms with van der Waals surface area (Å²) in [5, 5.41) is 11.5. The van der Waals surface area contributed by atoms with Gasteiger partial charge in [-0.05, 0) is 25.1 Å². The molecule has 1 amide bonds. The predicted octanol–water partition coefficient (Wildman–Crippen LogP) is 1.15. The fraction of sp³-hybridized carbons (Fsp3) is 0.333. The Balaban J connectivity index is 2.69. The van der Waals surface area contributed by atoms with Gasteiger partial charge in [-0.2, -0.15) is 0 Å². The molecule has 1 atom stereocenters. The van der Waals surface area contributed by atoms with Crippen LogP contribution in [0.1, 0.15) is 27.6 Å². The Morgan fingerprint density at radius 2 is 2.06 bits per heavy atom. The van der Waals surface area contributed by atoms with E-state index in [1.807, 2.05) is 6.92 Å². The van der Waals surface area contributed by atoms with E-state index in [4.69, 9.17) is 9.84 Å². The molecule has 0 aliphatic heterocycles. The van der Waals surface area contributed by atoms with Gasteiger partial charge < -0.3 is 15.2 Å². The second-order valence-corrected chi connectivity index (χ2v) is 3.64. The molecule has 0 aromatic heterocycles. The number of rotatable bonds is 5. The highest BCUT2D eigenvalue weighted by Crippen LogP contribution is 2.05. The summed E-state index contributed by atoms with van der Waals surface area (Å²) in [5.74, 6) is -1.36. The van der Waals surface area contributed by atoms with Gasteiger partial charge in [-0.25, -0.2) is 4.79 Å². The third kappa shape index (κ3) is 3.88. The number of benzene rings is 1. The first-order valence-corrected chi connectivity index (χ1v) is 5.19. The second kappa shape index (κ2) is 6.00. The lowest BCUT2D eigenvalue weighted by Gasteiger charge is -2.10. The SMILES string of the molecule is COC(C)CNC(=O)c1cccc(C(=O)O)c1. The molecule has 5 nitrogen and oxygen atoms in total. The number of hydrogen-bond acceptors (Lipinski definition) is 3. The number of carboxylic acids is 1. The van der Waals surface area contributed by atoms with Crippen molar-refractivity contribution in [1.29, 1.82) is 0 Å². The Morgan fingerprint density at radius 3 is 2.65 bits per heavy atom. The Hall–Kier alpha value is -1.88. The van der Waals surface area contributed by atoms with Crippen molar-refractivity contribution in [2.24, 2.45) is 0 Å². The molecular formula is C12H15NO4. The number of nitrogens with one attached hydrogen (secondary N) is 1. The molecule has 92 valence electrons. The molecule has 1 aromatic carbocycles. The minimum Gasteiger partial charge on any atom is -0.478 e. The first-order valence-electron chi connectivity index (χ1n) is 5.19. The zero-order chi connectivity index (χ0) is 12.8. The number of ether oxygens (including phenoxy) is 1. The molecule has 1 aromatic rings. The number of carboxylic acid groups (broad SMARTS) is 1. The monoisotopic (exact) mass is 237 g/mol. The highest BCUT2D eigenvalue weighted by molar-refractivity contribution is 5.97. The minimum atomic E-state index is -1.05. The Kier molecular flexibility index (Phi) is 4.66. The van der Waals surface area contributed by atoms with Gasteiger partial charge in [0.2, 0.25) is 0 Å². The van der Waals surface area contributed by atoms with Crippen molar-refractivity contribution >= 4 is 11.9 Å². The molecule has 1 rings (SSSR count). The van der Waals surface area contributed by atoms with Crippen LogP contribution in [-0.4, -0.2) is 36.7 Å². The summed E-state index contributed by atoms with van der Waals surface area (Å²) in [5.41, 5.74) is 0.422. The highest BCUT2D eigenvalue weighted by Gasteiger charge is 2.10. The number of carbonyl (C=O) groups is 2. The molecule has 1 unspecified atom stereocenters. The number of aromatic carboxylic acids is 1. The Labute approximate surface area is 99.4 Å². The summed E-state index contributed by atoms with van der Waals surface area (Å²) in [6.45, 7) is 2.21. The standard InChI is InChI=1S/C12H15NO4/c1-8(17-2)7-13-11(14)9-4-3-5-10(6-9)12(15)16/h3-6,8H,7H2,1-2H3,(H,13,14)(H,15,16). The van der Waals surface area contributed by atoms with Gasteiger partial charge in [0.05, 0.1) is 11.7 Å². The van der Waals surface area contributed by atoms with Crippen molar-refractivity contribution in [2.45, 2.75) is 13.0 Å². The van der Waals surface area contributed by atoms with Gasteiger partial charge in [0.25, 0.3) is 5.91 Å². The van der Waals surface area contributed by atoms with Crippen LogP contribution in [0, 0.1) is 0 Å². The van der Waals surface area contributed by atoms with Crippen LogP contribution in [-0.2, 0) is 4.74 Å². The normalized spacial score (nSPS) is 11.9. The van der Waals surface area contributed by atoms with Gasteiger partial charge in [-0.15, -0.1) is 0 Å². The summed E-state index contributed by atoms with van der Waals surface area (Å²) in [4.78, 5) is 22.4. The number of amides is 1. The van der Waals surface area contributed by atoms with E-state index in [2.05, 4.69) is 5.32 Å². The van der Waals surface area contributed by atoms with Gasteiger partial charge in [0.1, 0.15) is 0 Å². The predicted molar refractivity (Wildman–Crippen MR) is 62.2 cm³/mol. The number of carbonyl (C=O) groups excluding carboxylic acids is 1. The molecule has 2 N–H and O–H groups in total. The zero-order valence-corrected chi connectivity index (χ0v) is 9.77. The first-order chi connectivity index (χ1) is 8.04. The van der Waals surface area contributed by atoms with Crippen LogP contribution in [0.4, 0.5) is 0 Å². The summed E-state index contributed by atoms with van der Waals surface area (Å²) in [6.07, 6.45) is -0.0818. The Morgan fingerprint density at radius 1 is 1.41 bits per heavy atom. The van der Waals surface area contributed by atoms with Crippen molar-refractivity contribution in [3.8, 4) is 0 Å². The molecule has 5 heteroatoms. The number of hydrogen-bond donors (Lipinski definition) is 2. The molecule has 0 bridgehead atoms. The highest BCUT2D eigenvalue weighted by atomic mass is 16.5. The molecule has 0 spiro atoms. The van der Waals surface area contributed by atoms with Crippen LogP contribution in [0.25, 0.3) is 0 Å². The van der Waals surface area contributed by atoms with Crippen LogP contribution in [0.3, 0.4) is 0 Å². The van der Waals surface area contributed by atoms with Crippen molar-refractivity contribution in [1.82, 2.24) is 5.32 Å². The summed E-state index contributed by atoms with van der Waals surface area (Å²) < 4.78 is 4.99. The van der Waals surface area contributed by atoms with E-state index in [0.29, 0.717) is 12.1 Å². The average Bonchev–Trinajstić information content (AvgIpc) is 2.35. The molecule has 0 fully saturated rings. The van der Waals surface area contributed by atoms with Crippen molar-refractivity contribution in [3.05, 3.63) is 35.4 Å². The van der Waals surface area contributed by atoms with E-state index in [0.717, 1.165) is 0 Å². The van der Waals surface area contributed by atoms with Crippen LogP contribution >= 0.6 is 0 Å². The quantitative estimate of drug-likeness (QED) is 0.805. The molecular weight excluding hydrogens is 222 g/mol. The van der Waals surface area contributed by atoms with Gasteiger partial charge in [-0.1, -0.05) is 6.07 Å². The van der Waals surface area contributed by atoms with Crippen LogP contribution in [0.2, 0.25) is 0 Å². The maximum Gasteiger partial charge on any atom is 0.335 e. The third-order valence-electron chi connectivity index (χ3n) is 2.32. The zero-order valence-electron chi connectivity index (χ0n) is 9.77. The Bertz CT molecular complexity index is 417. The molecule has 17 heavy (non-hydrogen) atoms. The van der Waals surface area contributed by atoms with Crippen molar-refractivity contribution in [3.63, 3.8) is 0 Å². The largest absolute Gasteiger partial charge is 0.478 e. The lowest BCUT2D eigenvalue weighted by molar-refractivity contribution is 0.0697. The average molecular weight is 237 g/mol. The second-order valence-electron chi connectivity index (χ2n) is 3.64. The van der Waals surface area contributed by atoms with E-state index in [9.17, 15) is 9.59 Å². The first kappa shape index (κ1) is 13.2. The maximum atomic E-state index is 11.7. The topological polar surface area (TPSA) is 75.6 Å². The lowest BCUT2D eigenvalue weighted by Crippen LogP contribution is -2.31. The molecule has 0 saturated heterocycles. The van der Waals surface area contributed by atoms with Gasteiger partial charge in [-0.3, -0.25) is 4.79 Å². The maximum absolute atomic E-state index is 11.7. The van der Waals surface area contributed by atoms with Gasteiger partial charge in [0, 0.05) is 19.2 Å². The lowest BCUT2D eigenvalue weighted by atomic mass is 10.1. The smallest absolute Gasteiger partial charge is 0.335 e. The van der Waals surface area contributed by atoms with Gasteiger partial charge in [0.15, 0.2) is 0 Å². The minimum absolute atomic E-state index is 0.0818. The van der Waals surface area contributed by atoms with E-state index < -0.39 is 5.97 Å². The summed E-state index contributed by atoms with van der Waals surface area (Å²) >= 11 is 0. The third-order valence-corrected chi connectivity index (χ3v) is 2.32. The fourth-order valence-corrected chi connectivity index (χ4v) is 1.22. The molecule has 0 heterocycles.